The molecule has 0 N–H and O–H groups in total. The average Bonchev–Trinajstić information content (AvgIpc) is 2.74. The molecule has 1 aliphatic heterocycles. The molecule has 1 atom stereocenters. The Morgan fingerprint density at radius 1 is 1.21 bits per heavy atom. The van der Waals surface area contributed by atoms with E-state index in [0.29, 0.717) is 6.54 Å². The summed E-state index contributed by atoms with van der Waals surface area (Å²) in [5.74, 6) is 0. The van der Waals surface area contributed by atoms with Crippen LogP contribution in [-0.2, 0) is 0 Å². The first-order valence-electron chi connectivity index (χ1n) is 6.14. The van der Waals surface area contributed by atoms with Crippen LogP contribution in [0.15, 0.2) is 42.5 Å². The lowest BCUT2D eigenvalue weighted by Crippen LogP contribution is -2.26. The molecule has 0 aromatic heterocycles. The second-order valence-electron chi connectivity index (χ2n) is 4.69. The number of likely N-dealkylation sites (N-methyl/N-ethyl adjacent to an activating group) is 1. The average molecular weight is 251 g/mol. The number of benzene rings is 2. The minimum absolute atomic E-state index is 0.0711. The lowest BCUT2D eigenvalue weighted by molar-refractivity contribution is 0.206. The molecule has 3 rings (SSSR count). The molecule has 0 radical (unpaired) electrons. The number of urea groups is 1. The van der Waals surface area contributed by atoms with Crippen LogP contribution >= 0.6 is 0 Å². The minimum atomic E-state index is -0.236. The second-order valence-corrected chi connectivity index (χ2v) is 4.69. The van der Waals surface area contributed by atoms with Gasteiger partial charge < -0.3 is 4.90 Å². The summed E-state index contributed by atoms with van der Waals surface area (Å²) in [4.78, 5) is 14.7. The molecule has 2 aromatic rings. The molecule has 0 spiro atoms. The summed E-state index contributed by atoms with van der Waals surface area (Å²) in [5.41, 5.74) is 1.09. The first-order chi connectivity index (χ1) is 9.22. The highest BCUT2D eigenvalue weighted by Gasteiger charge is 2.36. The standard InChI is InChI=1S/C15H13N3O/c1-17-14(9-18(10-16)15(17)19)13-8-4-6-11-5-2-3-7-12(11)13/h2-8,14H,9H2,1H3. The molecule has 94 valence electrons. The van der Waals surface area contributed by atoms with Crippen LogP contribution in [0.5, 0.6) is 0 Å². The van der Waals surface area contributed by atoms with Gasteiger partial charge in [-0.25, -0.2) is 9.69 Å². The van der Waals surface area contributed by atoms with Gasteiger partial charge in [-0.1, -0.05) is 42.5 Å². The molecular weight excluding hydrogens is 238 g/mol. The third kappa shape index (κ3) is 1.71. The number of nitriles is 1. The fraction of sp³-hybridized carbons (Fsp3) is 0.200. The molecule has 1 aliphatic rings. The number of nitrogens with zero attached hydrogens (tertiary/aromatic N) is 3. The van der Waals surface area contributed by atoms with Crippen molar-refractivity contribution in [3.05, 3.63) is 48.0 Å². The molecule has 2 amide bonds. The van der Waals surface area contributed by atoms with Crippen LogP contribution in [0.1, 0.15) is 11.6 Å². The normalized spacial score (nSPS) is 18.9. The lowest BCUT2D eigenvalue weighted by atomic mass is 9.98. The fourth-order valence-corrected chi connectivity index (χ4v) is 2.63. The summed E-state index contributed by atoms with van der Waals surface area (Å²) in [7, 11) is 1.74. The van der Waals surface area contributed by atoms with Crippen LogP contribution in [0.25, 0.3) is 10.8 Å². The van der Waals surface area contributed by atoms with Crippen molar-refractivity contribution in [1.29, 1.82) is 5.26 Å². The van der Waals surface area contributed by atoms with Gasteiger partial charge in [0.25, 0.3) is 0 Å². The van der Waals surface area contributed by atoms with E-state index in [2.05, 4.69) is 18.2 Å². The molecule has 1 saturated heterocycles. The number of carbonyl (C=O) groups excluding carboxylic acids is 1. The highest BCUT2D eigenvalue weighted by atomic mass is 16.2. The number of amides is 2. The molecule has 19 heavy (non-hydrogen) atoms. The molecule has 1 fully saturated rings. The van der Waals surface area contributed by atoms with Crippen LogP contribution in [0.4, 0.5) is 4.79 Å². The van der Waals surface area contributed by atoms with Gasteiger partial charge in [0.2, 0.25) is 0 Å². The van der Waals surface area contributed by atoms with Gasteiger partial charge in [0.05, 0.1) is 12.6 Å². The number of rotatable bonds is 1. The SMILES string of the molecule is CN1C(=O)N(C#N)CC1c1cccc2ccccc12. The van der Waals surface area contributed by atoms with E-state index in [1.807, 2.05) is 30.5 Å². The van der Waals surface area contributed by atoms with Gasteiger partial charge in [-0.15, -0.1) is 0 Å². The molecule has 1 unspecified atom stereocenters. The summed E-state index contributed by atoms with van der Waals surface area (Å²) >= 11 is 0. The monoisotopic (exact) mass is 251 g/mol. The van der Waals surface area contributed by atoms with Crippen LogP contribution < -0.4 is 0 Å². The topological polar surface area (TPSA) is 47.3 Å². The Balaban J connectivity index is 2.11. The van der Waals surface area contributed by atoms with E-state index in [9.17, 15) is 4.79 Å². The van der Waals surface area contributed by atoms with Gasteiger partial charge in [0.15, 0.2) is 6.19 Å². The van der Waals surface area contributed by atoms with Crippen molar-refractivity contribution >= 4 is 16.8 Å². The highest BCUT2D eigenvalue weighted by molar-refractivity contribution is 5.87. The molecule has 4 nitrogen and oxygen atoms in total. The summed E-state index contributed by atoms with van der Waals surface area (Å²) in [6, 6.07) is 13.9. The van der Waals surface area contributed by atoms with Crippen molar-refractivity contribution in [2.75, 3.05) is 13.6 Å². The van der Waals surface area contributed by atoms with E-state index in [1.54, 1.807) is 11.9 Å². The molecule has 4 heteroatoms. The lowest BCUT2D eigenvalue weighted by Gasteiger charge is -2.19. The van der Waals surface area contributed by atoms with Crippen molar-refractivity contribution in [1.82, 2.24) is 9.80 Å². The molecule has 2 aromatic carbocycles. The molecule has 0 bridgehead atoms. The van der Waals surface area contributed by atoms with E-state index in [4.69, 9.17) is 5.26 Å². The second kappa shape index (κ2) is 4.29. The van der Waals surface area contributed by atoms with Crippen molar-refractivity contribution in [2.24, 2.45) is 0 Å². The predicted octanol–water partition coefficient (Wildman–Crippen LogP) is 2.73. The summed E-state index contributed by atoms with van der Waals surface area (Å²) in [6.07, 6.45) is 1.93. The zero-order chi connectivity index (χ0) is 13.4. The summed E-state index contributed by atoms with van der Waals surface area (Å²) in [5, 5.41) is 11.2. The van der Waals surface area contributed by atoms with E-state index < -0.39 is 0 Å². The zero-order valence-corrected chi connectivity index (χ0v) is 10.6. The Morgan fingerprint density at radius 2 is 1.95 bits per heavy atom. The van der Waals surface area contributed by atoms with Gasteiger partial charge in [-0.2, -0.15) is 5.26 Å². The van der Waals surface area contributed by atoms with Crippen LogP contribution in [0, 0.1) is 11.5 Å². The van der Waals surface area contributed by atoms with Crippen LogP contribution in [0.2, 0.25) is 0 Å². The van der Waals surface area contributed by atoms with Crippen molar-refractivity contribution in [3.63, 3.8) is 0 Å². The van der Waals surface area contributed by atoms with E-state index in [1.165, 1.54) is 4.90 Å². The fourth-order valence-electron chi connectivity index (χ4n) is 2.63. The molecule has 0 saturated carbocycles. The zero-order valence-electron chi connectivity index (χ0n) is 10.6. The van der Waals surface area contributed by atoms with Crippen molar-refractivity contribution in [2.45, 2.75) is 6.04 Å². The Kier molecular flexibility index (Phi) is 2.60. The number of fused-ring (bicyclic) bond motifs is 1. The summed E-state index contributed by atoms with van der Waals surface area (Å²) < 4.78 is 0. The van der Waals surface area contributed by atoms with Gasteiger partial charge in [0.1, 0.15) is 0 Å². The molecule has 0 aliphatic carbocycles. The van der Waals surface area contributed by atoms with Crippen molar-refractivity contribution in [3.8, 4) is 6.19 Å². The van der Waals surface area contributed by atoms with E-state index >= 15 is 0 Å². The summed E-state index contributed by atoms with van der Waals surface area (Å²) in [6.45, 7) is 0.417. The minimum Gasteiger partial charge on any atom is -0.318 e. The van der Waals surface area contributed by atoms with Gasteiger partial charge in [-0.3, -0.25) is 0 Å². The molecule has 1 heterocycles. The maximum absolute atomic E-state index is 11.9. The van der Waals surface area contributed by atoms with E-state index in [-0.39, 0.29) is 12.1 Å². The number of carbonyl (C=O) groups is 1. The highest BCUT2D eigenvalue weighted by Crippen LogP contribution is 2.32. The Bertz CT molecular complexity index is 684. The maximum atomic E-state index is 11.9. The smallest absolute Gasteiger partial charge is 0.318 e. The third-order valence-electron chi connectivity index (χ3n) is 3.66. The van der Waals surface area contributed by atoms with E-state index in [0.717, 1.165) is 16.3 Å². The van der Waals surface area contributed by atoms with Crippen LogP contribution in [-0.4, -0.2) is 29.4 Å². The Hall–Kier alpha value is -2.54. The Labute approximate surface area is 111 Å². The van der Waals surface area contributed by atoms with Crippen molar-refractivity contribution < 1.29 is 4.79 Å². The maximum Gasteiger partial charge on any atom is 0.333 e. The third-order valence-corrected chi connectivity index (χ3v) is 3.66. The quantitative estimate of drug-likeness (QED) is 0.732. The first-order valence-corrected chi connectivity index (χ1v) is 6.14. The molecular formula is C15H13N3O. The van der Waals surface area contributed by atoms with Gasteiger partial charge >= 0.3 is 6.03 Å². The predicted molar refractivity (Wildman–Crippen MR) is 72.2 cm³/mol. The van der Waals surface area contributed by atoms with Gasteiger partial charge in [-0.05, 0) is 16.3 Å². The number of hydrogen-bond donors (Lipinski definition) is 0. The first kappa shape index (κ1) is 11.5. The number of hydrogen-bond acceptors (Lipinski definition) is 2. The van der Waals surface area contributed by atoms with Crippen LogP contribution in [0.3, 0.4) is 0 Å². The Morgan fingerprint density at radius 3 is 2.68 bits per heavy atom. The largest absolute Gasteiger partial charge is 0.333 e. The van der Waals surface area contributed by atoms with Gasteiger partial charge in [0, 0.05) is 7.05 Å².